The zero-order valence-electron chi connectivity index (χ0n) is 15.1. The third-order valence-corrected chi connectivity index (χ3v) is 4.37. The number of nitrogens with one attached hydrogen (secondary N) is 1. The Balaban J connectivity index is 2.00. The molecule has 6 heteroatoms. The highest BCUT2D eigenvalue weighted by atomic mass is 35.5. The Bertz CT molecular complexity index is 800. The molecule has 0 unspecified atom stereocenters. The lowest BCUT2D eigenvalue weighted by Gasteiger charge is -2.21. The minimum absolute atomic E-state index is 0.0949. The van der Waals surface area contributed by atoms with Crippen LogP contribution in [-0.4, -0.2) is 23.3 Å². The summed E-state index contributed by atoms with van der Waals surface area (Å²) in [6.45, 7) is 5.52. The molecule has 2 rings (SSSR count). The smallest absolute Gasteiger partial charge is 0.226 e. The number of nitrogens with zero attached hydrogens (tertiary/aromatic N) is 1. The van der Waals surface area contributed by atoms with Crippen LogP contribution in [0.25, 0.3) is 0 Å². The number of rotatable bonds is 6. The summed E-state index contributed by atoms with van der Waals surface area (Å²) < 4.78 is 13.8. The summed E-state index contributed by atoms with van der Waals surface area (Å²) in [5.74, 6) is -0.838. The Hall–Kier alpha value is -2.40. The van der Waals surface area contributed by atoms with Crippen molar-refractivity contribution in [3.05, 3.63) is 63.9 Å². The molecule has 0 saturated heterocycles. The molecular formula is C20H22ClFN2O2. The van der Waals surface area contributed by atoms with Crippen molar-refractivity contribution in [2.24, 2.45) is 0 Å². The van der Waals surface area contributed by atoms with Crippen LogP contribution in [0.4, 0.5) is 10.1 Å². The maximum absolute atomic E-state index is 13.8. The molecule has 0 bridgehead atoms. The first-order valence-electron chi connectivity index (χ1n) is 8.33. The first-order chi connectivity index (χ1) is 12.3. The summed E-state index contributed by atoms with van der Waals surface area (Å²) in [6.07, 6.45) is 0.0949. The van der Waals surface area contributed by atoms with E-state index in [1.54, 1.807) is 24.3 Å². The molecule has 2 aromatic carbocycles. The van der Waals surface area contributed by atoms with Gasteiger partial charge in [-0.2, -0.15) is 0 Å². The fourth-order valence-corrected chi connectivity index (χ4v) is 3.06. The van der Waals surface area contributed by atoms with E-state index in [0.717, 1.165) is 11.1 Å². The Morgan fingerprint density at radius 1 is 1.19 bits per heavy atom. The summed E-state index contributed by atoms with van der Waals surface area (Å²) in [5.41, 5.74) is 2.88. The van der Waals surface area contributed by atoms with Gasteiger partial charge in [0.1, 0.15) is 5.82 Å². The van der Waals surface area contributed by atoms with Crippen molar-refractivity contribution in [1.29, 1.82) is 0 Å². The number of halogens is 2. The Morgan fingerprint density at radius 2 is 1.88 bits per heavy atom. The van der Waals surface area contributed by atoms with Crippen LogP contribution in [0.1, 0.15) is 30.0 Å². The second kappa shape index (κ2) is 8.81. The third kappa shape index (κ3) is 5.30. The van der Waals surface area contributed by atoms with Crippen molar-refractivity contribution < 1.29 is 14.0 Å². The topological polar surface area (TPSA) is 49.4 Å². The minimum atomic E-state index is -0.370. The number of carbonyl (C=O) groups excluding carboxylic acids is 2. The van der Waals surface area contributed by atoms with Crippen LogP contribution >= 0.6 is 11.6 Å². The van der Waals surface area contributed by atoms with Crippen LogP contribution in [0.5, 0.6) is 0 Å². The molecular weight excluding hydrogens is 355 g/mol. The van der Waals surface area contributed by atoms with Crippen LogP contribution in [0.2, 0.25) is 5.02 Å². The van der Waals surface area contributed by atoms with Gasteiger partial charge in [0.25, 0.3) is 0 Å². The van der Waals surface area contributed by atoms with E-state index in [1.165, 1.54) is 17.9 Å². The van der Waals surface area contributed by atoms with Crippen molar-refractivity contribution in [3.63, 3.8) is 0 Å². The molecule has 0 aromatic heterocycles. The number of hydrogen-bond acceptors (Lipinski definition) is 2. The van der Waals surface area contributed by atoms with Gasteiger partial charge in [-0.05, 0) is 37.1 Å². The predicted molar refractivity (Wildman–Crippen MR) is 102 cm³/mol. The van der Waals surface area contributed by atoms with Gasteiger partial charge in [0.05, 0.1) is 10.7 Å². The fourth-order valence-electron chi connectivity index (χ4n) is 2.69. The molecule has 0 atom stereocenters. The lowest BCUT2D eigenvalue weighted by Crippen LogP contribution is -2.32. The van der Waals surface area contributed by atoms with Crippen LogP contribution in [-0.2, 0) is 16.1 Å². The molecule has 4 nitrogen and oxygen atoms in total. The Labute approximate surface area is 158 Å². The number of anilines is 1. The standard InChI is InChI=1S/C20H22ClFN2O2/c1-13-10-14(2)20(17(21)11-13)23-19(26)8-9-24(15(3)25)12-16-6-4-5-7-18(16)22/h4-7,10-11H,8-9,12H2,1-3H3,(H,23,26). The average Bonchev–Trinajstić information content (AvgIpc) is 2.56. The summed E-state index contributed by atoms with van der Waals surface area (Å²) >= 11 is 6.20. The number of carbonyl (C=O) groups is 2. The molecule has 138 valence electrons. The highest BCUT2D eigenvalue weighted by molar-refractivity contribution is 6.34. The molecule has 26 heavy (non-hydrogen) atoms. The van der Waals surface area contributed by atoms with E-state index >= 15 is 0 Å². The molecule has 2 amide bonds. The fraction of sp³-hybridized carbons (Fsp3) is 0.300. The second-order valence-electron chi connectivity index (χ2n) is 6.27. The molecule has 0 spiro atoms. The summed E-state index contributed by atoms with van der Waals surface area (Å²) in [4.78, 5) is 25.5. The van der Waals surface area contributed by atoms with E-state index in [2.05, 4.69) is 5.32 Å². The summed E-state index contributed by atoms with van der Waals surface area (Å²) in [5, 5.41) is 3.27. The van der Waals surface area contributed by atoms with E-state index in [4.69, 9.17) is 11.6 Å². The monoisotopic (exact) mass is 376 g/mol. The third-order valence-electron chi connectivity index (χ3n) is 4.07. The van der Waals surface area contributed by atoms with Gasteiger partial charge in [-0.1, -0.05) is 35.9 Å². The highest BCUT2D eigenvalue weighted by Crippen LogP contribution is 2.27. The average molecular weight is 377 g/mol. The zero-order chi connectivity index (χ0) is 19.3. The van der Waals surface area contributed by atoms with E-state index < -0.39 is 0 Å². The summed E-state index contributed by atoms with van der Waals surface area (Å²) in [6, 6.07) is 10.00. The molecule has 0 aliphatic heterocycles. The lowest BCUT2D eigenvalue weighted by molar-refractivity contribution is -0.130. The molecule has 0 saturated carbocycles. The largest absolute Gasteiger partial charge is 0.338 e. The van der Waals surface area contributed by atoms with Crippen molar-refractivity contribution in [3.8, 4) is 0 Å². The van der Waals surface area contributed by atoms with Gasteiger partial charge in [0.2, 0.25) is 11.8 Å². The van der Waals surface area contributed by atoms with Gasteiger partial charge in [-0.3, -0.25) is 9.59 Å². The molecule has 1 N–H and O–H groups in total. The quantitative estimate of drug-likeness (QED) is 0.808. The number of amides is 2. The van der Waals surface area contributed by atoms with Gasteiger partial charge in [0.15, 0.2) is 0 Å². The zero-order valence-corrected chi connectivity index (χ0v) is 15.9. The molecule has 0 fully saturated rings. The van der Waals surface area contributed by atoms with Crippen molar-refractivity contribution in [2.45, 2.75) is 33.7 Å². The van der Waals surface area contributed by atoms with Crippen LogP contribution < -0.4 is 5.32 Å². The Morgan fingerprint density at radius 3 is 2.50 bits per heavy atom. The molecule has 0 aliphatic carbocycles. The molecule has 2 aromatic rings. The van der Waals surface area contributed by atoms with E-state index in [0.29, 0.717) is 16.3 Å². The Kier molecular flexibility index (Phi) is 6.75. The molecule has 0 heterocycles. The number of benzene rings is 2. The highest BCUT2D eigenvalue weighted by Gasteiger charge is 2.15. The predicted octanol–water partition coefficient (Wildman–Crippen LogP) is 4.47. The van der Waals surface area contributed by atoms with Gasteiger partial charge < -0.3 is 10.2 Å². The molecule has 0 aliphatic rings. The van der Waals surface area contributed by atoms with E-state index in [9.17, 15) is 14.0 Å². The van der Waals surface area contributed by atoms with Gasteiger partial charge in [-0.15, -0.1) is 0 Å². The second-order valence-corrected chi connectivity index (χ2v) is 6.68. The van der Waals surface area contributed by atoms with E-state index in [1.807, 2.05) is 19.9 Å². The van der Waals surface area contributed by atoms with Crippen molar-refractivity contribution in [2.75, 3.05) is 11.9 Å². The van der Waals surface area contributed by atoms with Gasteiger partial charge in [-0.25, -0.2) is 4.39 Å². The van der Waals surface area contributed by atoms with Crippen molar-refractivity contribution in [1.82, 2.24) is 4.90 Å². The SMILES string of the molecule is CC(=O)N(CCC(=O)Nc1c(C)cc(C)cc1Cl)Cc1ccccc1F. The van der Waals surface area contributed by atoms with Crippen molar-refractivity contribution >= 4 is 29.1 Å². The maximum Gasteiger partial charge on any atom is 0.226 e. The number of aryl methyl sites for hydroxylation is 2. The first-order valence-corrected chi connectivity index (χ1v) is 8.71. The van der Waals surface area contributed by atoms with E-state index in [-0.39, 0.29) is 37.1 Å². The summed E-state index contributed by atoms with van der Waals surface area (Å²) in [7, 11) is 0. The number of hydrogen-bond donors (Lipinski definition) is 1. The van der Waals surface area contributed by atoms with Crippen LogP contribution in [0, 0.1) is 19.7 Å². The van der Waals surface area contributed by atoms with Crippen LogP contribution in [0.15, 0.2) is 36.4 Å². The molecule has 0 radical (unpaired) electrons. The maximum atomic E-state index is 13.8. The first kappa shape index (κ1) is 19.9. The lowest BCUT2D eigenvalue weighted by atomic mass is 10.1. The van der Waals surface area contributed by atoms with Gasteiger partial charge >= 0.3 is 0 Å². The normalized spacial score (nSPS) is 10.5. The van der Waals surface area contributed by atoms with Gasteiger partial charge in [0, 0.05) is 32.0 Å². The minimum Gasteiger partial charge on any atom is -0.338 e. The van der Waals surface area contributed by atoms with Crippen LogP contribution in [0.3, 0.4) is 0 Å².